The van der Waals surface area contributed by atoms with E-state index in [0.717, 1.165) is 6.61 Å². The first-order chi connectivity index (χ1) is 6.89. The van der Waals surface area contributed by atoms with Gasteiger partial charge in [0.15, 0.2) is 0 Å². The summed E-state index contributed by atoms with van der Waals surface area (Å²) in [5.41, 5.74) is 5.81. The van der Waals surface area contributed by atoms with Crippen LogP contribution in [-0.4, -0.2) is 6.61 Å². The number of benzene rings is 1. The van der Waals surface area contributed by atoms with E-state index in [1.54, 1.807) is 0 Å². The molecular weight excluding hydrogens is 184 g/mol. The minimum absolute atomic E-state index is 0.235. The smallest absolute Gasteiger partial charge is 0.106 e. The van der Waals surface area contributed by atoms with Crippen LogP contribution >= 0.6 is 0 Å². The molecule has 0 amide bonds. The molecule has 1 saturated heterocycles. The number of epoxide rings is 1. The fourth-order valence-corrected chi connectivity index (χ4v) is 2.13. The van der Waals surface area contributed by atoms with Crippen LogP contribution in [0.1, 0.15) is 49.1 Å². The maximum absolute atomic E-state index is 5.38. The molecule has 0 saturated carbocycles. The Balaban J connectivity index is 2.47. The molecule has 1 heterocycles. The van der Waals surface area contributed by atoms with E-state index in [9.17, 15) is 0 Å². The lowest BCUT2D eigenvalue weighted by Crippen LogP contribution is -2.12. The van der Waals surface area contributed by atoms with Crippen molar-refractivity contribution in [2.75, 3.05) is 6.61 Å². The van der Waals surface area contributed by atoms with Crippen LogP contribution in [-0.2, 0) is 10.2 Å². The molecule has 15 heavy (non-hydrogen) atoms. The maximum Gasteiger partial charge on any atom is 0.106 e. The average molecular weight is 204 g/mol. The summed E-state index contributed by atoms with van der Waals surface area (Å²) in [5.74, 6) is 0. The molecule has 0 spiro atoms. The molecule has 0 aliphatic carbocycles. The van der Waals surface area contributed by atoms with Gasteiger partial charge in [0.05, 0.1) is 6.61 Å². The highest BCUT2D eigenvalue weighted by atomic mass is 16.6. The number of aryl methyl sites for hydroxylation is 2. The van der Waals surface area contributed by atoms with E-state index in [-0.39, 0.29) is 5.41 Å². The van der Waals surface area contributed by atoms with Gasteiger partial charge >= 0.3 is 0 Å². The van der Waals surface area contributed by atoms with Crippen LogP contribution in [0.5, 0.6) is 0 Å². The van der Waals surface area contributed by atoms with Crippen LogP contribution in [0, 0.1) is 13.8 Å². The summed E-state index contributed by atoms with van der Waals surface area (Å²) < 4.78 is 5.38. The molecule has 0 bridgehead atoms. The van der Waals surface area contributed by atoms with Gasteiger partial charge in [-0.2, -0.15) is 0 Å². The van der Waals surface area contributed by atoms with Crippen LogP contribution in [0.3, 0.4) is 0 Å². The first-order valence-electron chi connectivity index (χ1n) is 5.63. The molecule has 1 heteroatoms. The third-order valence-corrected chi connectivity index (χ3v) is 3.12. The van der Waals surface area contributed by atoms with Gasteiger partial charge < -0.3 is 4.74 Å². The third-order valence-electron chi connectivity index (χ3n) is 3.12. The molecule has 1 fully saturated rings. The van der Waals surface area contributed by atoms with Gasteiger partial charge in [0.25, 0.3) is 0 Å². The van der Waals surface area contributed by atoms with Crippen LogP contribution < -0.4 is 0 Å². The molecule has 0 radical (unpaired) electrons. The molecule has 1 atom stereocenters. The molecule has 2 rings (SSSR count). The predicted molar refractivity (Wildman–Crippen MR) is 63.3 cm³/mol. The zero-order chi connectivity index (χ0) is 11.2. The number of rotatable bonds is 1. The molecular formula is C14H20O. The highest BCUT2D eigenvalue weighted by Crippen LogP contribution is 2.36. The van der Waals surface area contributed by atoms with Crippen molar-refractivity contribution < 1.29 is 4.74 Å². The lowest BCUT2D eigenvalue weighted by molar-refractivity contribution is 0.414. The molecule has 0 aromatic heterocycles. The van der Waals surface area contributed by atoms with E-state index >= 15 is 0 Å². The molecule has 1 unspecified atom stereocenters. The van der Waals surface area contributed by atoms with Gasteiger partial charge in [0.2, 0.25) is 0 Å². The van der Waals surface area contributed by atoms with Crippen molar-refractivity contribution in [3.05, 3.63) is 34.4 Å². The molecule has 0 N–H and O–H groups in total. The van der Waals surface area contributed by atoms with Gasteiger partial charge in [0.1, 0.15) is 6.10 Å². The van der Waals surface area contributed by atoms with E-state index in [1.807, 2.05) is 0 Å². The summed E-state index contributed by atoms with van der Waals surface area (Å²) in [6.45, 7) is 12.1. The normalized spacial score (nSPS) is 20.5. The first-order valence-corrected chi connectivity index (χ1v) is 5.63. The summed E-state index contributed by atoms with van der Waals surface area (Å²) in [6.07, 6.45) is 0.374. The highest BCUT2D eigenvalue weighted by molar-refractivity contribution is 5.42. The average Bonchev–Trinajstić information content (AvgIpc) is 2.84. The van der Waals surface area contributed by atoms with Crippen molar-refractivity contribution in [2.45, 2.75) is 46.1 Å². The lowest BCUT2D eigenvalue weighted by atomic mass is 9.83. The Labute approximate surface area is 92.5 Å². The summed E-state index contributed by atoms with van der Waals surface area (Å²) in [5, 5.41) is 0. The first kappa shape index (κ1) is 10.7. The Hall–Kier alpha value is -0.820. The predicted octanol–water partition coefficient (Wildman–Crippen LogP) is 3.67. The number of ether oxygens (including phenoxy) is 1. The third kappa shape index (κ3) is 2.07. The van der Waals surface area contributed by atoms with E-state index in [2.05, 4.69) is 46.8 Å². The molecule has 1 nitrogen and oxygen atoms in total. The number of hydrogen-bond donors (Lipinski definition) is 0. The van der Waals surface area contributed by atoms with Gasteiger partial charge in [0, 0.05) is 0 Å². The van der Waals surface area contributed by atoms with Gasteiger partial charge in [-0.3, -0.25) is 0 Å². The van der Waals surface area contributed by atoms with Crippen LogP contribution in [0.2, 0.25) is 0 Å². The summed E-state index contributed by atoms with van der Waals surface area (Å²) in [4.78, 5) is 0. The Morgan fingerprint density at radius 2 is 1.60 bits per heavy atom. The largest absolute Gasteiger partial charge is 0.368 e. The quantitative estimate of drug-likeness (QED) is 0.636. The van der Waals surface area contributed by atoms with Crippen molar-refractivity contribution in [3.8, 4) is 0 Å². The zero-order valence-corrected chi connectivity index (χ0v) is 10.3. The van der Waals surface area contributed by atoms with Crippen molar-refractivity contribution in [1.82, 2.24) is 0 Å². The summed E-state index contributed by atoms with van der Waals surface area (Å²) in [7, 11) is 0. The van der Waals surface area contributed by atoms with Gasteiger partial charge in [-0.15, -0.1) is 0 Å². The SMILES string of the molecule is Cc1cc(C(C)(C)C)cc(C)c1C1CO1. The second-order valence-electron chi connectivity index (χ2n) is 5.60. The van der Waals surface area contributed by atoms with Crippen molar-refractivity contribution in [2.24, 2.45) is 0 Å². The van der Waals surface area contributed by atoms with E-state index in [1.165, 1.54) is 22.3 Å². The van der Waals surface area contributed by atoms with E-state index in [4.69, 9.17) is 4.74 Å². The zero-order valence-electron chi connectivity index (χ0n) is 10.3. The Morgan fingerprint density at radius 3 is 1.93 bits per heavy atom. The Bertz CT molecular complexity index is 358. The molecule has 1 aromatic carbocycles. The second kappa shape index (κ2) is 3.34. The van der Waals surface area contributed by atoms with E-state index < -0.39 is 0 Å². The Kier molecular flexibility index (Phi) is 2.38. The second-order valence-corrected chi connectivity index (χ2v) is 5.60. The molecule has 1 aliphatic heterocycles. The Morgan fingerprint density at radius 1 is 1.13 bits per heavy atom. The van der Waals surface area contributed by atoms with Gasteiger partial charge in [-0.25, -0.2) is 0 Å². The molecule has 82 valence electrons. The number of hydrogen-bond acceptors (Lipinski definition) is 1. The van der Waals surface area contributed by atoms with Gasteiger partial charge in [-0.1, -0.05) is 32.9 Å². The van der Waals surface area contributed by atoms with Crippen molar-refractivity contribution in [1.29, 1.82) is 0 Å². The molecule has 1 aliphatic rings. The topological polar surface area (TPSA) is 12.5 Å². The van der Waals surface area contributed by atoms with Crippen LogP contribution in [0.15, 0.2) is 12.1 Å². The fourth-order valence-electron chi connectivity index (χ4n) is 2.13. The fraction of sp³-hybridized carbons (Fsp3) is 0.571. The van der Waals surface area contributed by atoms with Gasteiger partial charge in [-0.05, 0) is 41.5 Å². The van der Waals surface area contributed by atoms with E-state index in [0.29, 0.717) is 6.10 Å². The molecule has 1 aromatic rings. The standard InChI is InChI=1S/C14H20O/c1-9-6-11(14(3,4)5)7-10(2)13(9)12-8-15-12/h6-7,12H,8H2,1-5H3. The summed E-state index contributed by atoms with van der Waals surface area (Å²) in [6, 6.07) is 4.62. The van der Waals surface area contributed by atoms with Crippen LogP contribution in [0.4, 0.5) is 0 Å². The highest BCUT2D eigenvalue weighted by Gasteiger charge is 2.29. The van der Waals surface area contributed by atoms with Crippen LogP contribution in [0.25, 0.3) is 0 Å². The maximum atomic E-state index is 5.38. The van der Waals surface area contributed by atoms with Crippen molar-refractivity contribution in [3.63, 3.8) is 0 Å². The lowest BCUT2D eigenvalue weighted by Gasteiger charge is -2.22. The minimum Gasteiger partial charge on any atom is -0.368 e. The minimum atomic E-state index is 0.235. The van der Waals surface area contributed by atoms with Crippen molar-refractivity contribution >= 4 is 0 Å². The summed E-state index contributed by atoms with van der Waals surface area (Å²) >= 11 is 0. The monoisotopic (exact) mass is 204 g/mol.